The van der Waals surface area contributed by atoms with Crippen molar-refractivity contribution in [2.45, 2.75) is 33.3 Å². The van der Waals surface area contributed by atoms with Gasteiger partial charge in [-0.3, -0.25) is 10.1 Å². The molecule has 2 rings (SSSR count). The van der Waals surface area contributed by atoms with Gasteiger partial charge in [-0.05, 0) is 31.9 Å². The second-order valence-corrected chi connectivity index (χ2v) is 5.43. The van der Waals surface area contributed by atoms with Crippen LogP contribution in [0.15, 0.2) is 24.3 Å². The van der Waals surface area contributed by atoms with E-state index in [0.29, 0.717) is 10.9 Å². The van der Waals surface area contributed by atoms with Crippen molar-refractivity contribution in [3.8, 4) is 5.75 Å². The average Bonchev–Trinajstić information content (AvgIpc) is 2.89. The van der Waals surface area contributed by atoms with Gasteiger partial charge in [0.2, 0.25) is 5.13 Å². The first-order valence-corrected chi connectivity index (χ1v) is 7.27. The van der Waals surface area contributed by atoms with Gasteiger partial charge in [-0.1, -0.05) is 36.5 Å². The zero-order valence-electron chi connectivity index (χ0n) is 11.7. The van der Waals surface area contributed by atoms with Crippen LogP contribution in [0.5, 0.6) is 5.75 Å². The van der Waals surface area contributed by atoms with E-state index in [1.165, 1.54) is 11.3 Å². The standard InChI is InChI=1S/C14H17N3O2S/c1-4-12-16-17-14(20-12)15-13(18)10(3)19-11-8-6-5-7-9(11)2/h5-8,10H,4H2,1-3H3,(H,15,17,18)/t10-/m1/s1. The van der Waals surface area contributed by atoms with Crippen LogP contribution in [-0.2, 0) is 11.2 Å². The molecule has 5 nitrogen and oxygen atoms in total. The van der Waals surface area contributed by atoms with Crippen LogP contribution >= 0.6 is 11.3 Å². The summed E-state index contributed by atoms with van der Waals surface area (Å²) in [6.45, 7) is 5.65. The monoisotopic (exact) mass is 291 g/mol. The minimum Gasteiger partial charge on any atom is -0.481 e. The van der Waals surface area contributed by atoms with Crippen LogP contribution in [0, 0.1) is 6.92 Å². The van der Waals surface area contributed by atoms with Crippen molar-refractivity contribution in [1.82, 2.24) is 10.2 Å². The van der Waals surface area contributed by atoms with Gasteiger partial charge in [-0.25, -0.2) is 0 Å². The predicted octanol–water partition coefficient (Wildman–Crippen LogP) is 2.81. The van der Waals surface area contributed by atoms with Gasteiger partial charge >= 0.3 is 0 Å². The van der Waals surface area contributed by atoms with Crippen molar-refractivity contribution in [3.05, 3.63) is 34.8 Å². The van der Waals surface area contributed by atoms with Crippen LogP contribution in [0.1, 0.15) is 24.4 Å². The maximum absolute atomic E-state index is 12.0. The Labute approximate surface area is 122 Å². The van der Waals surface area contributed by atoms with E-state index < -0.39 is 6.10 Å². The highest BCUT2D eigenvalue weighted by atomic mass is 32.1. The first-order valence-electron chi connectivity index (χ1n) is 6.45. The molecule has 1 aromatic heterocycles. The summed E-state index contributed by atoms with van der Waals surface area (Å²) in [7, 11) is 0. The molecule has 0 fully saturated rings. The minimum atomic E-state index is -0.593. The Bertz CT molecular complexity index is 598. The number of amides is 1. The fraction of sp³-hybridized carbons (Fsp3) is 0.357. The van der Waals surface area contributed by atoms with Gasteiger partial charge in [0.15, 0.2) is 6.10 Å². The van der Waals surface area contributed by atoms with Crippen LogP contribution < -0.4 is 10.1 Å². The molecule has 0 aliphatic heterocycles. The lowest BCUT2D eigenvalue weighted by atomic mass is 10.2. The summed E-state index contributed by atoms with van der Waals surface area (Å²) in [4.78, 5) is 12.0. The number of anilines is 1. The topological polar surface area (TPSA) is 64.1 Å². The Hall–Kier alpha value is -1.95. The maximum atomic E-state index is 12.0. The maximum Gasteiger partial charge on any atom is 0.266 e. The van der Waals surface area contributed by atoms with Gasteiger partial charge in [0, 0.05) is 0 Å². The Balaban J connectivity index is 1.97. The van der Waals surface area contributed by atoms with E-state index in [1.54, 1.807) is 6.92 Å². The second-order valence-electron chi connectivity index (χ2n) is 4.37. The van der Waals surface area contributed by atoms with Gasteiger partial charge < -0.3 is 4.74 Å². The van der Waals surface area contributed by atoms with E-state index in [-0.39, 0.29) is 5.91 Å². The summed E-state index contributed by atoms with van der Waals surface area (Å²) in [5.74, 6) is 0.480. The average molecular weight is 291 g/mol. The summed E-state index contributed by atoms with van der Waals surface area (Å²) in [5, 5.41) is 12.0. The van der Waals surface area contributed by atoms with E-state index in [2.05, 4.69) is 15.5 Å². The van der Waals surface area contributed by atoms with Crippen molar-refractivity contribution in [2.75, 3.05) is 5.32 Å². The Morgan fingerprint density at radius 3 is 2.80 bits per heavy atom. The molecule has 0 unspecified atom stereocenters. The largest absolute Gasteiger partial charge is 0.481 e. The van der Waals surface area contributed by atoms with Crippen molar-refractivity contribution in [3.63, 3.8) is 0 Å². The zero-order valence-corrected chi connectivity index (χ0v) is 12.5. The molecule has 0 aliphatic carbocycles. The third kappa shape index (κ3) is 3.54. The van der Waals surface area contributed by atoms with Gasteiger partial charge in [-0.2, -0.15) is 0 Å². The number of nitrogens with zero attached hydrogens (tertiary/aromatic N) is 2. The number of benzene rings is 1. The first kappa shape index (κ1) is 14.5. The molecule has 0 saturated heterocycles. The Kier molecular flexibility index (Phi) is 4.68. The molecular formula is C14H17N3O2S. The number of rotatable bonds is 5. The molecule has 0 aliphatic rings. The SMILES string of the molecule is CCc1nnc(NC(=O)[C@@H](C)Oc2ccccc2C)s1. The number of para-hydroxylation sites is 1. The van der Waals surface area contributed by atoms with Crippen LogP contribution in [0.4, 0.5) is 5.13 Å². The fourth-order valence-electron chi connectivity index (χ4n) is 1.59. The normalized spacial score (nSPS) is 11.9. The lowest BCUT2D eigenvalue weighted by Gasteiger charge is -2.15. The highest BCUT2D eigenvalue weighted by Gasteiger charge is 2.17. The van der Waals surface area contributed by atoms with Gasteiger partial charge in [-0.15, -0.1) is 10.2 Å². The van der Waals surface area contributed by atoms with Gasteiger partial charge in [0.1, 0.15) is 10.8 Å². The van der Waals surface area contributed by atoms with E-state index in [4.69, 9.17) is 4.74 Å². The molecule has 1 heterocycles. The summed E-state index contributed by atoms with van der Waals surface area (Å²) >= 11 is 1.38. The summed E-state index contributed by atoms with van der Waals surface area (Å²) in [6, 6.07) is 7.60. The number of aryl methyl sites for hydroxylation is 2. The molecule has 1 amide bonds. The van der Waals surface area contributed by atoms with Crippen molar-refractivity contribution >= 4 is 22.4 Å². The number of ether oxygens (including phenoxy) is 1. The summed E-state index contributed by atoms with van der Waals surface area (Å²) in [5.41, 5.74) is 0.997. The molecule has 2 aromatic rings. The highest BCUT2D eigenvalue weighted by Crippen LogP contribution is 2.19. The smallest absolute Gasteiger partial charge is 0.266 e. The van der Waals surface area contributed by atoms with Gasteiger partial charge in [0.25, 0.3) is 5.91 Å². The molecular weight excluding hydrogens is 274 g/mol. The van der Waals surface area contributed by atoms with Crippen molar-refractivity contribution in [2.24, 2.45) is 0 Å². The molecule has 0 radical (unpaired) electrons. The molecule has 0 spiro atoms. The Morgan fingerprint density at radius 2 is 2.15 bits per heavy atom. The fourth-order valence-corrected chi connectivity index (χ4v) is 2.27. The van der Waals surface area contributed by atoms with E-state index in [1.807, 2.05) is 38.1 Å². The van der Waals surface area contributed by atoms with Crippen molar-refractivity contribution < 1.29 is 9.53 Å². The number of carbonyl (C=O) groups is 1. The number of nitrogens with one attached hydrogen (secondary N) is 1. The van der Waals surface area contributed by atoms with Crippen LogP contribution in [0.2, 0.25) is 0 Å². The lowest BCUT2D eigenvalue weighted by Crippen LogP contribution is -2.30. The third-order valence-electron chi connectivity index (χ3n) is 2.77. The predicted molar refractivity (Wildman–Crippen MR) is 79.2 cm³/mol. The van der Waals surface area contributed by atoms with Crippen LogP contribution in [0.3, 0.4) is 0 Å². The van der Waals surface area contributed by atoms with E-state index in [9.17, 15) is 4.79 Å². The quantitative estimate of drug-likeness (QED) is 0.920. The summed E-state index contributed by atoms with van der Waals surface area (Å²) < 4.78 is 5.66. The molecule has 0 saturated carbocycles. The number of hydrogen-bond donors (Lipinski definition) is 1. The molecule has 106 valence electrons. The minimum absolute atomic E-state index is 0.230. The van der Waals surface area contributed by atoms with E-state index >= 15 is 0 Å². The van der Waals surface area contributed by atoms with Crippen LogP contribution in [-0.4, -0.2) is 22.2 Å². The third-order valence-corrected chi connectivity index (χ3v) is 3.75. The number of carbonyl (C=O) groups excluding carboxylic acids is 1. The lowest BCUT2D eigenvalue weighted by molar-refractivity contribution is -0.122. The molecule has 6 heteroatoms. The Morgan fingerprint density at radius 1 is 1.40 bits per heavy atom. The number of hydrogen-bond acceptors (Lipinski definition) is 5. The number of aromatic nitrogens is 2. The molecule has 1 aromatic carbocycles. The zero-order chi connectivity index (χ0) is 14.5. The molecule has 0 bridgehead atoms. The molecule has 1 atom stereocenters. The van der Waals surface area contributed by atoms with Gasteiger partial charge in [0.05, 0.1) is 0 Å². The molecule has 20 heavy (non-hydrogen) atoms. The first-order chi connectivity index (χ1) is 9.60. The second kappa shape index (κ2) is 6.47. The van der Waals surface area contributed by atoms with E-state index in [0.717, 1.165) is 17.0 Å². The summed E-state index contributed by atoms with van der Waals surface area (Å²) in [6.07, 6.45) is 0.216. The van der Waals surface area contributed by atoms with Crippen molar-refractivity contribution in [1.29, 1.82) is 0 Å². The van der Waals surface area contributed by atoms with Crippen LogP contribution in [0.25, 0.3) is 0 Å². The highest BCUT2D eigenvalue weighted by molar-refractivity contribution is 7.15. The molecule has 1 N–H and O–H groups in total.